The summed E-state index contributed by atoms with van der Waals surface area (Å²) in [4.78, 5) is 14.9. The summed E-state index contributed by atoms with van der Waals surface area (Å²) in [6.07, 6.45) is 4.71. The second kappa shape index (κ2) is 4.64. The molecular formula is C9H14N2O2. The smallest absolute Gasteiger partial charge is 0.305 e. The van der Waals surface area contributed by atoms with Gasteiger partial charge in [0, 0.05) is 32.3 Å². The van der Waals surface area contributed by atoms with E-state index in [0.717, 1.165) is 5.82 Å². The van der Waals surface area contributed by atoms with Crippen molar-refractivity contribution in [2.75, 3.05) is 6.61 Å². The van der Waals surface area contributed by atoms with Gasteiger partial charge in [-0.1, -0.05) is 6.92 Å². The van der Waals surface area contributed by atoms with Gasteiger partial charge < -0.3 is 9.30 Å². The minimum Gasteiger partial charge on any atom is -0.465 e. The highest BCUT2D eigenvalue weighted by Gasteiger charge is 2.01. The molecular weight excluding hydrogens is 168 g/mol. The molecule has 0 N–H and O–H groups in total. The van der Waals surface area contributed by atoms with Gasteiger partial charge in [-0.15, -0.1) is 0 Å². The standard InChI is InChI=1S/C9H14N2O2/c1-3-9(12)13-7-4-8-10-5-6-11(8)2/h5-6H,3-4,7H2,1-2H3. The fourth-order valence-electron chi connectivity index (χ4n) is 0.996. The minimum atomic E-state index is -0.158. The number of esters is 1. The van der Waals surface area contributed by atoms with Crippen LogP contribution in [0.1, 0.15) is 19.2 Å². The molecule has 0 spiro atoms. The van der Waals surface area contributed by atoms with Gasteiger partial charge in [0.2, 0.25) is 0 Å². The molecule has 1 aromatic heterocycles. The topological polar surface area (TPSA) is 44.1 Å². The molecule has 0 saturated carbocycles. The van der Waals surface area contributed by atoms with Crippen LogP contribution in [-0.4, -0.2) is 22.1 Å². The lowest BCUT2D eigenvalue weighted by atomic mass is 10.4. The first-order valence-corrected chi connectivity index (χ1v) is 4.36. The molecule has 0 radical (unpaired) electrons. The lowest BCUT2D eigenvalue weighted by Crippen LogP contribution is -2.08. The van der Waals surface area contributed by atoms with Crippen LogP contribution < -0.4 is 0 Å². The number of hydrogen-bond acceptors (Lipinski definition) is 3. The van der Waals surface area contributed by atoms with E-state index < -0.39 is 0 Å². The number of imidazole rings is 1. The summed E-state index contributed by atoms with van der Waals surface area (Å²) >= 11 is 0. The van der Waals surface area contributed by atoms with Gasteiger partial charge >= 0.3 is 5.97 Å². The normalized spacial score (nSPS) is 10.0. The number of ether oxygens (including phenoxy) is 1. The Morgan fingerprint density at radius 3 is 3.00 bits per heavy atom. The van der Waals surface area contributed by atoms with E-state index in [1.807, 2.05) is 17.8 Å². The Labute approximate surface area is 77.5 Å². The molecule has 0 aliphatic heterocycles. The Bertz CT molecular complexity index is 281. The maximum atomic E-state index is 10.8. The third-order valence-corrected chi connectivity index (χ3v) is 1.80. The molecule has 13 heavy (non-hydrogen) atoms. The summed E-state index contributed by atoms with van der Waals surface area (Å²) in [5, 5.41) is 0. The van der Waals surface area contributed by atoms with Crippen LogP contribution in [0, 0.1) is 0 Å². The maximum absolute atomic E-state index is 10.8. The van der Waals surface area contributed by atoms with Crippen LogP contribution in [0.3, 0.4) is 0 Å². The van der Waals surface area contributed by atoms with E-state index in [0.29, 0.717) is 19.4 Å². The number of aromatic nitrogens is 2. The van der Waals surface area contributed by atoms with E-state index in [1.165, 1.54) is 0 Å². The molecule has 0 unspecified atom stereocenters. The van der Waals surface area contributed by atoms with E-state index in [4.69, 9.17) is 4.74 Å². The number of rotatable bonds is 4. The molecule has 1 aromatic rings. The van der Waals surface area contributed by atoms with Crippen LogP contribution in [0.25, 0.3) is 0 Å². The van der Waals surface area contributed by atoms with E-state index in [9.17, 15) is 4.79 Å². The molecule has 0 amide bonds. The Kier molecular flexibility index (Phi) is 3.49. The zero-order valence-electron chi connectivity index (χ0n) is 7.99. The zero-order valence-corrected chi connectivity index (χ0v) is 7.99. The highest BCUT2D eigenvalue weighted by Crippen LogP contribution is 1.96. The number of carbonyl (C=O) groups excluding carboxylic acids is 1. The van der Waals surface area contributed by atoms with Crippen LogP contribution >= 0.6 is 0 Å². The Morgan fingerprint density at radius 2 is 2.46 bits per heavy atom. The Hall–Kier alpha value is -1.32. The van der Waals surface area contributed by atoms with Gasteiger partial charge in [-0.2, -0.15) is 0 Å². The highest BCUT2D eigenvalue weighted by atomic mass is 16.5. The minimum absolute atomic E-state index is 0.158. The Balaban J connectivity index is 2.28. The number of aryl methyl sites for hydroxylation is 1. The monoisotopic (exact) mass is 182 g/mol. The maximum Gasteiger partial charge on any atom is 0.305 e. The summed E-state index contributed by atoms with van der Waals surface area (Å²) in [5.74, 6) is 0.776. The van der Waals surface area contributed by atoms with Gasteiger partial charge in [0.1, 0.15) is 5.82 Å². The predicted octanol–water partition coefficient (Wildman–Crippen LogP) is 0.916. The SMILES string of the molecule is CCC(=O)OCCc1nccn1C. The molecule has 0 fully saturated rings. The first-order valence-electron chi connectivity index (χ1n) is 4.36. The van der Waals surface area contributed by atoms with Crippen molar-refractivity contribution in [3.63, 3.8) is 0 Å². The molecule has 1 heterocycles. The van der Waals surface area contributed by atoms with E-state index in [1.54, 1.807) is 13.1 Å². The van der Waals surface area contributed by atoms with Crippen LogP contribution in [0.5, 0.6) is 0 Å². The average Bonchev–Trinajstić information content (AvgIpc) is 2.52. The summed E-state index contributed by atoms with van der Waals surface area (Å²) in [6, 6.07) is 0. The molecule has 72 valence electrons. The molecule has 0 aliphatic carbocycles. The van der Waals surface area contributed by atoms with Crippen molar-refractivity contribution in [1.82, 2.24) is 9.55 Å². The Morgan fingerprint density at radius 1 is 1.69 bits per heavy atom. The summed E-state index contributed by atoms with van der Waals surface area (Å²) < 4.78 is 6.84. The fraction of sp³-hybridized carbons (Fsp3) is 0.556. The second-order valence-corrected chi connectivity index (χ2v) is 2.78. The van der Waals surface area contributed by atoms with Crippen molar-refractivity contribution >= 4 is 5.97 Å². The van der Waals surface area contributed by atoms with Crippen molar-refractivity contribution in [2.24, 2.45) is 7.05 Å². The third-order valence-electron chi connectivity index (χ3n) is 1.80. The first-order chi connectivity index (χ1) is 6.24. The summed E-state index contributed by atoms with van der Waals surface area (Å²) in [7, 11) is 1.92. The molecule has 0 bridgehead atoms. The van der Waals surface area contributed by atoms with Crippen LogP contribution in [0.2, 0.25) is 0 Å². The number of nitrogens with zero attached hydrogens (tertiary/aromatic N) is 2. The van der Waals surface area contributed by atoms with Gasteiger partial charge in [-0.25, -0.2) is 4.98 Å². The first kappa shape index (κ1) is 9.77. The van der Waals surface area contributed by atoms with E-state index in [2.05, 4.69) is 4.98 Å². The molecule has 0 saturated heterocycles. The summed E-state index contributed by atoms with van der Waals surface area (Å²) in [5.41, 5.74) is 0. The molecule has 0 aliphatic rings. The molecule has 0 aromatic carbocycles. The van der Waals surface area contributed by atoms with Gasteiger partial charge in [0.15, 0.2) is 0 Å². The van der Waals surface area contributed by atoms with E-state index >= 15 is 0 Å². The fourth-order valence-corrected chi connectivity index (χ4v) is 0.996. The lowest BCUT2D eigenvalue weighted by Gasteiger charge is -2.02. The molecule has 4 heteroatoms. The predicted molar refractivity (Wildman–Crippen MR) is 48.2 cm³/mol. The van der Waals surface area contributed by atoms with Crippen LogP contribution in [0.4, 0.5) is 0 Å². The van der Waals surface area contributed by atoms with Crippen LogP contribution in [-0.2, 0) is 23.0 Å². The van der Waals surface area contributed by atoms with E-state index in [-0.39, 0.29) is 5.97 Å². The van der Waals surface area contributed by atoms with Gasteiger partial charge in [-0.05, 0) is 0 Å². The average molecular weight is 182 g/mol. The summed E-state index contributed by atoms with van der Waals surface area (Å²) in [6.45, 7) is 2.20. The van der Waals surface area contributed by atoms with Crippen LogP contribution in [0.15, 0.2) is 12.4 Å². The molecule has 1 rings (SSSR count). The number of hydrogen-bond donors (Lipinski definition) is 0. The molecule has 0 atom stereocenters. The number of carbonyl (C=O) groups is 1. The zero-order chi connectivity index (χ0) is 9.68. The second-order valence-electron chi connectivity index (χ2n) is 2.78. The highest BCUT2D eigenvalue weighted by molar-refractivity contribution is 5.68. The third kappa shape index (κ3) is 2.89. The van der Waals surface area contributed by atoms with Gasteiger partial charge in [0.05, 0.1) is 6.61 Å². The van der Waals surface area contributed by atoms with Crippen molar-refractivity contribution in [3.8, 4) is 0 Å². The quantitative estimate of drug-likeness (QED) is 0.650. The largest absolute Gasteiger partial charge is 0.465 e. The van der Waals surface area contributed by atoms with Crippen molar-refractivity contribution in [2.45, 2.75) is 19.8 Å². The van der Waals surface area contributed by atoms with Crippen molar-refractivity contribution < 1.29 is 9.53 Å². The van der Waals surface area contributed by atoms with Gasteiger partial charge in [-0.3, -0.25) is 4.79 Å². The molecule has 4 nitrogen and oxygen atoms in total. The van der Waals surface area contributed by atoms with Gasteiger partial charge in [0.25, 0.3) is 0 Å². The lowest BCUT2D eigenvalue weighted by molar-refractivity contribution is -0.143. The van der Waals surface area contributed by atoms with Crippen molar-refractivity contribution in [1.29, 1.82) is 0 Å². The van der Waals surface area contributed by atoms with Crippen molar-refractivity contribution in [3.05, 3.63) is 18.2 Å².